The molecule has 1 amide bonds. The molecule has 22 heavy (non-hydrogen) atoms. The summed E-state index contributed by atoms with van der Waals surface area (Å²) < 4.78 is 0.731. The molecule has 0 radical (unpaired) electrons. The van der Waals surface area contributed by atoms with E-state index in [0.717, 1.165) is 15.7 Å². The van der Waals surface area contributed by atoms with Gasteiger partial charge in [-0.25, -0.2) is 0 Å². The molecule has 2 aromatic rings. The Kier molecular flexibility index (Phi) is 5.42. The lowest BCUT2D eigenvalue weighted by molar-refractivity contribution is -0.114. The second-order valence-corrected chi connectivity index (χ2v) is 5.95. The number of carbonyl (C=O) groups excluding carboxylic acids is 1. The number of carbonyl (C=O) groups is 1. The van der Waals surface area contributed by atoms with E-state index in [0.29, 0.717) is 22.8 Å². The predicted octanol–water partition coefficient (Wildman–Crippen LogP) is 4.54. The molecule has 112 valence electrons. The molecule has 0 unspecified atom stereocenters. The third-order valence-electron chi connectivity index (χ3n) is 2.89. The van der Waals surface area contributed by atoms with Crippen LogP contribution in [0.4, 0.5) is 11.4 Å². The summed E-state index contributed by atoms with van der Waals surface area (Å²) in [6, 6.07) is 13.0. The van der Waals surface area contributed by atoms with Gasteiger partial charge in [0.05, 0.1) is 11.3 Å². The van der Waals surface area contributed by atoms with E-state index in [1.165, 1.54) is 6.92 Å². The van der Waals surface area contributed by atoms with Gasteiger partial charge in [0, 0.05) is 28.7 Å². The van der Waals surface area contributed by atoms with Crippen LogP contribution in [0.15, 0.2) is 40.9 Å². The Balaban J connectivity index is 2.17. The third-order valence-corrected chi connectivity index (χ3v) is 3.74. The molecule has 2 rings (SSSR count). The topological polar surface area (TPSA) is 64.9 Å². The second kappa shape index (κ2) is 7.30. The summed E-state index contributed by atoms with van der Waals surface area (Å²) in [6.45, 7) is 1.98. The molecule has 0 bridgehead atoms. The Hall–Kier alpha value is -2.03. The van der Waals surface area contributed by atoms with Crippen LogP contribution >= 0.6 is 27.5 Å². The number of benzene rings is 2. The van der Waals surface area contributed by atoms with Crippen LogP contribution in [0.5, 0.6) is 0 Å². The van der Waals surface area contributed by atoms with Gasteiger partial charge in [0.25, 0.3) is 0 Å². The fraction of sp³-hybridized carbons (Fsp3) is 0.125. The SMILES string of the molecule is CC(=O)Nc1cccc(CNc2c(Br)cc(Cl)cc2C#N)c1. The zero-order chi connectivity index (χ0) is 16.1. The Labute approximate surface area is 142 Å². The van der Waals surface area contributed by atoms with Crippen LogP contribution in [0, 0.1) is 11.3 Å². The number of nitrogens with one attached hydrogen (secondary N) is 2. The van der Waals surface area contributed by atoms with Crippen molar-refractivity contribution in [3.63, 3.8) is 0 Å². The number of anilines is 2. The lowest BCUT2D eigenvalue weighted by Crippen LogP contribution is -2.07. The maximum Gasteiger partial charge on any atom is 0.221 e. The van der Waals surface area contributed by atoms with Gasteiger partial charge in [0.1, 0.15) is 6.07 Å². The van der Waals surface area contributed by atoms with E-state index in [1.54, 1.807) is 12.1 Å². The van der Waals surface area contributed by atoms with Crippen molar-refractivity contribution >= 4 is 44.8 Å². The molecule has 0 aliphatic heterocycles. The molecule has 0 saturated carbocycles. The minimum absolute atomic E-state index is 0.114. The minimum atomic E-state index is -0.114. The highest BCUT2D eigenvalue weighted by molar-refractivity contribution is 9.10. The molecule has 0 fully saturated rings. The van der Waals surface area contributed by atoms with Crippen LogP contribution in [-0.4, -0.2) is 5.91 Å². The highest BCUT2D eigenvalue weighted by atomic mass is 79.9. The zero-order valence-corrected chi connectivity index (χ0v) is 14.1. The molecular formula is C16H13BrClN3O. The number of halogens is 2. The number of hydrogen-bond donors (Lipinski definition) is 2. The quantitative estimate of drug-likeness (QED) is 0.820. The molecule has 2 N–H and O–H groups in total. The average Bonchev–Trinajstić information content (AvgIpc) is 2.45. The van der Waals surface area contributed by atoms with Crippen LogP contribution in [0.3, 0.4) is 0 Å². The van der Waals surface area contributed by atoms with Gasteiger partial charge in [0.2, 0.25) is 5.91 Å². The minimum Gasteiger partial charge on any atom is -0.379 e. The van der Waals surface area contributed by atoms with Crippen molar-refractivity contribution in [2.75, 3.05) is 10.6 Å². The molecule has 2 aromatic carbocycles. The zero-order valence-electron chi connectivity index (χ0n) is 11.8. The van der Waals surface area contributed by atoms with Crippen molar-refractivity contribution in [2.45, 2.75) is 13.5 Å². The van der Waals surface area contributed by atoms with E-state index in [4.69, 9.17) is 11.6 Å². The molecule has 0 heterocycles. The summed E-state index contributed by atoms with van der Waals surface area (Å²) in [5.41, 5.74) is 2.88. The summed E-state index contributed by atoms with van der Waals surface area (Å²) in [5, 5.41) is 15.6. The lowest BCUT2D eigenvalue weighted by Gasteiger charge is -2.12. The van der Waals surface area contributed by atoms with Crippen molar-refractivity contribution in [1.82, 2.24) is 0 Å². The van der Waals surface area contributed by atoms with Crippen molar-refractivity contribution in [2.24, 2.45) is 0 Å². The molecule has 0 aromatic heterocycles. The summed E-state index contributed by atoms with van der Waals surface area (Å²) in [4.78, 5) is 11.1. The first-order valence-corrected chi connectivity index (χ1v) is 7.66. The monoisotopic (exact) mass is 377 g/mol. The van der Waals surface area contributed by atoms with Crippen molar-refractivity contribution in [1.29, 1.82) is 5.26 Å². The first kappa shape index (κ1) is 16.3. The van der Waals surface area contributed by atoms with Gasteiger partial charge in [-0.2, -0.15) is 5.26 Å². The molecule has 6 heteroatoms. The van der Waals surface area contributed by atoms with Gasteiger partial charge in [0.15, 0.2) is 0 Å². The number of hydrogen-bond acceptors (Lipinski definition) is 3. The molecule has 0 saturated heterocycles. The fourth-order valence-corrected chi connectivity index (χ4v) is 2.94. The van der Waals surface area contributed by atoms with E-state index in [9.17, 15) is 10.1 Å². The first-order chi connectivity index (χ1) is 10.5. The van der Waals surface area contributed by atoms with E-state index in [1.807, 2.05) is 24.3 Å². The third kappa shape index (κ3) is 4.23. The summed E-state index contributed by atoms with van der Waals surface area (Å²) in [5.74, 6) is -0.114. The maximum absolute atomic E-state index is 11.1. The Morgan fingerprint density at radius 1 is 1.36 bits per heavy atom. The van der Waals surface area contributed by atoms with Gasteiger partial charge in [-0.1, -0.05) is 23.7 Å². The molecule has 4 nitrogen and oxygen atoms in total. The number of nitriles is 1. The van der Waals surface area contributed by atoms with Crippen LogP contribution in [-0.2, 0) is 11.3 Å². The largest absolute Gasteiger partial charge is 0.379 e. The van der Waals surface area contributed by atoms with E-state index < -0.39 is 0 Å². The van der Waals surface area contributed by atoms with Crippen LogP contribution in [0.1, 0.15) is 18.1 Å². The molecule has 0 spiro atoms. The second-order valence-electron chi connectivity index (χ2n) is 4.66. The van der Waals surface area contributed by atoms with Gasteiger partial charge in [-0.15, -0.1) is 0 Å². The lowest BCUT2D eigenvalue weighted by atomic mass is 10.1. The molecular weight excluding hydrogens is 366 g/mol. The normalized spacial score (nSPS) is 9.91. The summed E-state index contributed by atoms with van der Waals surface area (Å²) in [7, 11) is 0. The van der Waals surface area contributed by atoms with E-state index in [2.05, 4.69) is 32.6 Å². The molecule has 0 atom stereocenters. The summed E-state index contributed by atoms with van der Waals surface area (Å²) >= 11 is 9.34. The number of rotatable bonds is 4. The fourth-order valence-electron chi connectivity index (χ4n) is 1.99. The van der Waals surface area contributed by atoms with E-state index in [-0.39, 0.29) is 5.91 Å². The number of amides is 1. The van der Waals surface area contributed by atoms with Crippen molar-refractivity contribution in [3.8, 4) is 6.07 Å². The Morgan fingerprint density at radius 2 is 2.14 bits per heavy atom. The van der Waals surface area contributed by atoms with Crippen molar-refractivity contribution in [3.05, 3.63) is 57.0 Å². The number of nitrogens with zero attached hydrogens (tertiary/aromatic N) is 1. The molecule has 0 aliphatic carbocycles. The highest BCUT2D eigenvalue weighted by Gasteiger charge is 2.08. The van der Waals surface area contributed by atoms with Crippen LogP contribution in [0.2, 0.25) is 5.02 Å². The Morgan fingerprint density at radius 3 is 2.82 bits per heavy atom. The van der Waals surface area contributed by atoms with Gasteiger partial charge in [-0.3, -0.25) is 4.79 Å². The van der Waals surface area contributed by atoms with Crippen molar-refractivity contribution < 1.29 is 4.79 Å². The van der Waals surface area contributed by atoms with Gasteiger partial charge in [-0.05, 0) is 45.8 Å². The Bertz CT molecular complexity index is 756. The smallest absolute Gasteiger partial charge is 0.221 e. The van der Waals surface area contributed by atoms with Crippen LogP contribution < -0.4 is 10.6 Å². The highest BCUT2D eigenvalue weighted by Crippen LogP contribution is 2.30. The van der Waals surface area contributed by atoms with Crippen LogP contribution in [0.25, 0.3) is 0 Å². The average molecular weight is 379 g/mol. The first-order valence-electron chi connectivity index (χ1n) is 6.49. The molecule has 0 aliphatic rings. The summed E-state index contributed by atoms with van der Waals surface area (Å²) in [6.07, 6.45) is 0. The standard InChI is InChI=1S/C16H13BrClN3O/c1-10(22)21-14-4-2-3-11(5-14)9-20-16-12(8-19)6-13(18)7-15(16)17/h2-7,20H,9H2,1H3,(H,21,22). The van der Waals surface area contributed by atoms with Gasteiger partial charge < -0.3 is 10.6 Å². The van der Waals surface area contributed by atoms with E-state index >= 15 is 0 Å². The predicted molar refractivity (Wildman–Crippen MR) is 91.9 cm³/mol. The van der Waals surface area contributed by atoms with Gasteiger partial charge >= 0.3 is 0 Å². The maximum atomic E-state index is 11.1.